The maximum Gasteiger partial charge on any atom is 0.405 e. The zero-order valence-corrected chi connectivity index (χ0v) is 20.1. The van der Waals surface area contributed by atoms with Crippen LogP contribution >= 0.6 is 11.6 Å². The van der Waals surface area contributed by atoms with Crippen molar-refractivity contribution in [2.24, 2.45) is 0 Å². The molecule has 0 saturated carbocycles. The van der Waals surface area contributed by atoms with E-state index >= 15 is 0 Å². The number of halogens is 1. The summed E-state index contributed by atoms with van der Waals surface area (Å²) in [7, 11) is 1.61. The summed E-state index contributed by atoms with van der Waals surface area (Å²) >= 11 is 6.45. The minimum Gasteiger partial charge on any atom is -0.497 e. The predicted molar refractivity (Wildman–Crippen MR) is 133 cm³/mol. The normalized spacial score (nSPS) is 12.0. The summed E-state index contributed by atoms with van der Waals surface area (Å²) in [5.41, 5.74) is 3.42. The first-order valence-electron chi connectivity index (χ1n) is 11.0. The fraction of sp³-hybridized carbons (Fsp3) is 0.160. The molecule has 36 heavy (non-hydrogen) atoms. The lowest BCUT2D eigenvalue weighted by Crippen LogP contribution is -2.24. The molecule has 0 aliphatic heterocycles. The Hall–Kier alpha value is -4.44. The molecule has 10 nitrogen and oxygen atoms in total. The highest BCUT2D eigenvalue weighted by Crippen LogP contribution is 2.29. The summed E-state index contributed by atoms with van der Waals surface area (Å²) in [6, 6.07) is 15.9. The molecule has 1 unspecified atom stereocenters. The van der Waals surface area contributed by atoms with Crippen molar-refractivity contribution in [2.75, 3.05) is 7.11 Å². The molecule has 0 fully saturated rings. The van der Waals surface area contributed by atoms with Crippen LogP contribution in [-0.2, 0) is 6.61 Å². The van der Waals surface area contributed by atoms with Gasteiger partial charge in [-0.05, 0) is 48.9 Å². The van der Waals surface area contributed by atoms with Crippen LogP contribution in [0.4, 0.5) is 4.79 Å². The van der Waals surface area contributed by atoms with E-state index in [0.29, 0.717) is 39.3 Å². The third kappa shape index (κ3) is 4.58. The van der Waals surface area contributed by atoms with E-state index in [2.05, 4.69) is 25.6 Å². The number of pyridine rings is 1. The highest BCUT2D eigenvalue weighted by molar-refractivity contribution is 6.31. The maximum atomic E-state index is 11.0. The number of carboxylic acid groups (broad SMARTS) is 1. The smallest absolute Gasteiger partial charge is 0.405 e. The molecule has 5 rings (SSSR count). The quantitative estimate of drug-likeness (QED) is 0.320. The van der Waals surface area contributed by atoms with Gasteiger partial charge in [-0.3, -0.25) is 4.98 Å². The van der Waals surface area contributed by atoms with Crippen LogP contribution in [0, 0.1) is 0 Å². The van der Waals surface area contributed by atoms with Gasteiger partial charge in [0, 0.05) is 28.2 Å². The van der Waals surface area contributed by atoms with E-state index in [4.69, 9.17) is 26.2 Å². The van der Waals surface area contributed by atoms with Gasteiger partial charge in [0.1, 0.15) is 18.1 Å². The summed E-state index contributed by atoms with van der Waals surface area (Å²) < 4.78 is 13.0. The van der Waals surface area contributed by atoms with E-state index in [0.717, 1.165) is 16.5 Å². The lowest BCUT2D eigenvalue weighted by Gasteiger charge is -2.14. The van der Waals surface area contributed by atoms with Crippen LogP contribution in [0.25, 0.3) is 27.8 Å². The number of rotatable bonds is 7. The van der Waals surface area contributed by atoms with Gasteiger partial charge in [0.2, 0.25) is 0 Å². The Balaban J connectivity index is 1.41. The first-order chi connectivity index (χ1) is 17.4. The Labute approximate surface area is 210 Å². The molecule has 11 heteroatoms. The maximum absolute atomic E-state index is 11.0. The molecule has 0 bridgehead atoms. The Kier molecular flexibility index (Phi) is 6.26. The number of aromatic nitrogens is 5. The zero-order chi connectivity index (χ0) is 25.2. The molecule has 2 N–H and O–H groups in total. The van der Waals surface area contributed by atoms with Crippen molar-refractivity contribution in [1.29, 1.82) is 0 Å². The second-order valence-corrected chi connectivity index (χ2v) is 8.40. The van der Waals surface area contributed by atoms with Crippen molar-refractivity contribution in [3.05, 3.63) is 77.2 Å². The van der Waals surface area contributed by atoms with E-state index in [1.165, 1.54) is 0 Å². The van der Waals surface area contributed by atoms with Gasteiger partial charge in [-0.15, -0.1) is 10.2 Å². The van der Waals surface area contributed by atoms with Crippen molar-refractivity contribution in [1.82, 2.24) is 30.1 Å². The molecule has 2 aromatic carbocycles. The number of ether oxygens (including phenoxy) is 2. The predicted octanol–water partition coefficient (Wildman–Crippen LogP) is 4.91. The van der Waals surface area contributed by atoms with Crippen LogP contribution < -0.4 is 14.8 Å². The van der Waals surface area contributed by atoms with Crippen molar-refractivity contribution in [3.8, 4) is 22.8 Å². The Morgan fingerprint density at radius 2 is 2.00 bits per heavy atom. The lowest BCUT2D eigenvalue weighted by molar-refractivity contribution is 0.191. The highest BCUT2D eigenvalue weighted by Gasteiger charge is 2.15. The molecular formula is C25H21ClN6O4. The number of hydrogen-bond donors (Lipinski definition) is 2. The SMILES string of the molecule is COc1ccc2c(OCc3nnc4ccc(-c5ccc(C(C)NC(=O)O)c(Cl)c5)nn34)ccnc2c1. The Morgan fingerprint density at radius 1 is 1.14 bits per heavy atom. The largest absolute Gasteiger partial charge is 0.497 e. The summed E-state index contributed by atoms with van der Waals surface area (Å²) in [4.78, 5) is 15.3. The highest BCUT2D eigenvalue weighted by atomic mass is 35.5. The van der Waals surface area contributed by atoms with Gasteiger partial charge < -0.3 is 19.9 Å². The second-order valence-electron chi connectivity index (χ2n) is 7.99. The average Bonchev–Trinajstić information content (AvgIpc) is 3.28. The van der Waals surface area contributed by atoms with E-state index in [1.807, 2.05) is 36.4 Å². The average molecular weight is 505 g/mol. The molecule has 3 heterocycles. The monoisotopic (exact) mass is 504 g/mol. The number of fused-ring (bicyclic) bond motifs is 2. The van der Waals surface area contributed by atoms with E-state index in [-0.39, 0.29) is 6.61 Å². The number of amides is 1. The second kappa shape index (κ2) is 9.67. The molecule has 3 aromatic heterocycles. The fourth-order valence-corrected chi connectivity index (χ4v) is 4.22. The number of nitrogens with zero attached hydrogens (tertiary/aromatic N) is 5. The number of methoxy groups -OCH3 is 1. The molecule has 0 radical (unpaired) electrons. The standard InChI is InChI=1S/C25H21ClN6O4/c1-14(28-25(33)34)17-5-3-15(11-19(17)26)20-7-8-23-29-30-24(32(23)31-20)13-36-22-9-10-27-21-12-16(35-2)4-6-18(21)22/h3-12,14,28H,13H2,1-2H3,(H,33,34). The number of benzene rings is 2. The topological polar surface area (TPSA) is 124 Å². The van der Waals surface area contributed by atoms with Crippen LogP contribution in [0.3, 0.4) is 0 Å². The first kappa shape index (κ1) is 23.3. The summed E-state index contributed by atoms with van der Waals surface area (Å²) in [6.45, 7) is 1.87. The first-order valence-corrected chi connectivity index (χ1v) is 11.4. The molecule has 182 valence electrons. The number of carbonyl (C=O) groups is 1. The van der Waals surface area contributed by atoms with Gasteiger partial charge >= 0.3 is 6.09 Å². The number of hydrogen-bond acceptors (Lipinski definition) is 7. The molecule has 1 atom stereocenters. The minimum atomic E-state index is -1.11. The summed E-state index contributed by atoms with van der Waals surface area (Å²) in [5, 5.41) is 25.8. The van der Waals surface area contributed by atoms with Gasteiger partial charge in [0.15, 0.2) is 11.5 Å². The molecular weight excluding hydrogens is 484 g/mol. The molecule has 5 aromatic rings. The molecule has 0 spiro atoms. The van der Waals surface area contributed by atoms with Crippen LogP contribution in [0.2, 0.25) is 5.02 Å². The van der Waals surface area contributed by atoms with Gasteiger partial charge in [0.05, 0.1) is 24.4 Å². The molecule has 0 aliphatic carbocycles. The van der Waals surface area contributed by atoms with Crippen LogP contribution in [0.1, 0.15) is 24.4 Å². The third-order valence-corrected chi connectivity index (χ3v) is 6.02. The van der Waals surface area contributed by atoms with E-state index < -0.39 is 12.1 Å². The Morgan fingerprint density at radius 3 is 2.78 bits per heavy atom. The summed E-state index contributed by atoms with van der Waals surface area (Å²) in [5.74, 6) is 1.89. The van der Waals surface area contributed by atoms with Gasteiger partial charge in [-0.1, -0.05) is 23.7 Å². The third-order valence-electron chi connectivity index (χ3n) is 5.70. The van der Waals surface area contributed by atoms with Crippen molar-refractivity contribution < 1.29 is 19.4 Å². The van der Waals surface area contributed by atoms with Gasteiger partial charge in [-0.2, -0.15) is 9.61 Å². The molecule has 0 saturated heterocycles. The zero-order valence-electron chi connectivity index (χ0n) is 19.3. The van der Waals surface area contributed by atoms with Crippen LogP contribution in [0.15, 0.2) is 60.8 Å². The van der Waals surface area contributed by atoms with E-state index in [1.54, 1.807) is 42.9 Å². The van der Waals surface area contributed by atoms with Crippen LogP contribution in [-0.4, -0.2) is 43.1 Å². The Bertz CT molecular complexity index is 1590. The molecule has 1 amide bonds. The lowest BCUT2D eigenvalue weighted by atomic mass is 10.0. The van der Waals surface area contributed by atoms with Crippen molar-refractivity contribution in [2.45, 2.75) is 19.6 Å². The van der Waals surface area contributed by atoms with E-state index in [9.17, 15) is 4.79 Å². The number of nitrogens with one attached hydrogen (secondary N) is 1. The summed E-state index contributed by atoms with van der Waals surface area (Å²) in [6.07, 6.45) is 0.562. The van der Waals surface area contributed by atoms with Crippen molar-refractivity contribution >= 4 is 34.2 Å². The van der Waals surface area contributed by atoms with Crippen molar-refractivity contribution in [3.63, 3.8) is 0 Å². The van der Waals surface area contributed by atoms with Crippen LogP contribution in [0.5, 0.6) is 11.5 Å². The fourth-order valence-electron chi connectivity index (χ4n) is 3.87. The minimum absolute atomic E-state index is 0.140. The molecule has 0 aliphatic rings. The van der Waals surface area contributed by atoms with Gasteiger partial charge in [-0.25, -0.2) is 4.79 Å². The van der Waals surface area contributed by atoms with Gasteiger partial charge in [0.25, 0.3) is 0 Å².